The predicted molar refractivity (Wildman–Crippen MR) is 74.3 cm³/mol. The lowest BCUT2D eigenvalue weighted by atomic mass is 10.3. The minimum atomic E-state index is -0.470. The van der Waals surface area contributed by atoms with Gasteiger partial charge in [-0.2, -0.15) is 0 Å². The minimum absolute atomic E-state index is 0.0551. The highest BCUT2D eigenvalue weighted by atomic mass is 35.5. The number of aromatic nitrogens is 5. The SMILES string of the molecule is Fc1cc2c(cc1Cl)nc(CCl)n2CCn1ccnn1. The van der Waals surface area contributed by atoms with Crippen molar-refractivity contribution in [1.82, 2.24) is 24.5 Å². The van der Waals surface area contributed by atoms with Crippen LogP contribution in [0.25, 0.3) is 11.0 Å². The third-order valence-corrected chi connectivity index (χ3v) is 3.54. The van der Waals surface area contributed by atoms with Crippen molar-refractivity contribution in [2.24, 2.45) is 0 Å². The van der Waals surface area contributed by atoms with E-state index in [0.29, 0.717) is 29.9 Å². The highest BCUT2D eigenvalue weighted by Gasteiger charge is 2.13. The Morgan fingerprint density at radius 2 is 2.10 bits per heavy atom. The van der Waals surface area contributed by atoms with Crippen LogP contribution >= 0.6 is 23.2 Å². The monoisotopic (exact) mass is 313 g/mol. The van der Waals surface area contributed by atoms with Gasteiger partial charge in [0.25, 0.3) is 0 Å². The summed E-state index contributed by atoms with van der Waals surface area (Å²) >= 11 is 11.7. The first-order valence-electron chi connectivity index (χ1n) is 5.93. The first-order valence-corrected chi connectivity index (χ1v) is 6.84. The molecule has 20 heavy (non-hydrogen) atoms. The molecular formula is C12H10Cl2FN5. The number of imidazole rings is 1. The van der Waals surface area contributed by atoms with E-state index in [1.807, 2.05) is 4.57 Å². The number of rotatable bonds is 4. The molecule has 0 aliphatic rings. The van der Waals surface area contributed by atoms with Gasteiger partial charge in [-0.05, 0) is 6.07 Å². The third-order valence-electron chi connectivity index (χ3n) is 3.01. The first-order chi connectivity index (χ1) is 9.69. The summed E-state index contributed by atoms with van der Waals surface area (Å²) in [6.45, 7) is 1.17. The highest BCUT2D eigenvalue weighted by molar-refractivity contribution is 6.31. The number of nitrogens with zero attached hydrogens (tertiary/aromatic N) is 5. The number of hydrogen-bond donors (Lipinski definition) is 0. The second-order valence-electron chi connectivity index (χ2n) is 4.23. The van der Waals surface area contributed by atoms with Gasteiger partial charge in [-0.25, -0.2) is 9.37 Å². The van der Waals surface area contributed by atoms with Crippen LogP contribution in [0.3, 0.4) is 0 Å². The summed E-state index contributed by atoms with van der Waals surface area (Å²) in [5.74, 6) is 0.441. The Hall–Kier alpha value is -1.66. The van der Waals surface area contributed by atoms with Crippen LogP contribution in [0.1, 0.15) is 5.82 Å². The predicted octanol–water partition coefficient (Wildman–Crippen LogP) is 2.86. The van der Waals surface area contributed by atoms with Crippen molar-refractivity contribution in [3.8, 4) is 0 Å². The van der Waals surface area contributed by atoms with Gasteiger partial charge < -0.3 is 4.57 Å². The Morgan fingerprint density at radius 3 is 2.80 bits per heavy atom. The molecule has 0 spiro atoms. The minimum Gasteiger partial charge on any atom is -0.325 e. The lowest BCUT2D eigenvalue weighted by molar-refractivity contribution is 0.518. The quantitative estimate of drug-likeness (QED) is 0.696. The van der Waals surface area contributed by atoms with Crippen LogP contribution in [0.4, 0.5) is 4.39 Å². The van der Waals surface area contributed by atoms with Crippen LogP contribution in [-0.4, -0.2) is 24.5 Å². The van der Waals surface area contributed by atoms with Gasteiger partial charge in [0.2, 0.25) is 0 Å². The van der Waals surface area contributed by atoms with E-state index < -0.39 is 5.82 Å². The fraction of sp³-hybridized carbons (Fsp3) is 0.250. The van der Waals surface area contributed by atoms with Gasteiger partial charge in [-0.1, -0.05) is 16.8 Å². The van der Waals surface area contributed by atoms with Crippen LogP contribution in [0.15, 0.2) is 24.5 Å². The van der Waals surface area contributed by atoms with Crippen molar-refractivity contribution in [3.63, 3.8) is 0 Å². The standard InChI is InChI=1S/C12H10Cl2FN5/c13-7-12-17-10-5-8(14)9(15)6-11(10)20(12)4-3-19-2-1-16-18-19/h1-2,5-6H,3-4,7H2. The molecular weight excluding hydrogens is 304 g/mol. The maximum Gasteiger partial charge on any atom is 0.144 e. The molecule has 0 bridgehead atoms. The number of halogens is 3. The zero-order valence-electron chi connectivity index (χ0n) is 10.3. The largest absolute Gasteiger partial charge is 0.325 e. The molecule has 0 N–H and O–H groups in total. The van der Waals surface area contributed by atoms with Gasteiger partial charge in [0.15, 0.2) is 0 Å². The molecule has 0 radical (unpaired) electrons. The molecule has 0 unspecified atom stereocenters. The maximum absolute atomic E-state index is 13.6. The molecule has 3 rings (SSSR count). The number of hydrogen-bond acceptors (Lipinski definition) is 3. The van der Waals surface area contributed by atoms with Gasteiger partial charge in [0, 0.05) is 18.8 Å². The van der Waals surface area contributed by atoms with Gasteiger partial charge in [-0.3, -0.25) is 4.68 Å². The smallest absolute Gasteiger partial charge is 0.144 e. The second kappa shape index (κ2) is 5.38. The molecule has 104 valence electrons. The summed E-state index contributed by atoms with van der Waals surface area (Å²) < 4.78 is 17.2. The summed E-state index contributed by atoms with van der Waals surface area (Å²) in [6.07, 6.45) is 3.37. The van der Waals surface area contributed by atoms with Crippen LogP contribution in [0, 0.1) is 5.82 Å². The molecule has 8 heteroatoms. The summed E-state index contributed by atoms with van der Waals surface area (Å²) in [4.78, 5) is 4.37. The topological polar surface area (TPSA) is 48.5 Å². The van der Waals surface area contributed by atoms with E-state index in [-0.39, 0.29) is 10.9 Å². The molecule has 0 saturated carbocycles. The van der Waals surface area contributed by atoms with E-state index in [1.54, 1.807) is 17.1 Å². The van der Waals surface area contributed by atoms with Crippen molar-refractivity contribution in [2.75, 3.05) is 0 Å². The number of alkyl halides is 1. The van der Waals surface area contributed by atoms with Crippen molar-refractivity contribution in [3.05, 3.63) is 41.2 Å². The molecule has 2 aromatic heterocycles. The van der Waals surface area contributed by atoms with Crippen LogP contribution in [0.5, 0.6) is 0 Å². The molecule has 0 amide bonds. The summed E-state index contributed by atoms with van der Waals surface area (Å²) in [5.41, 5.74) is 1.30. The molecule has 0 aliphatic carbocycles. The molecule has 1 aromatic carbocycles. The van der Waals surface area contributed by atoms with Crippen LogP contribution in [0.2, 0.25) is 5.02 Å². The fourth-order valence-electron chi connectivity index (χ4n) is 2.08. The highest BCUT2D eigenvalue weighted by Crippen LogP contribution is 2.24. The fourth-order valence-corrected chi connectivity index (χ4v) is 2.44. The van der Waals surface area contributed by atoms with Crippen molar-refractivity contribution < 1.29 is 4.39 Å². The van der Waals surface area contributed by atoms with Crippen LogP contribution < -0.4 is 0 Å². The molecule has 2 heterocycles. The van der Waals surface area contributed by atoms with Crippen LogP contribution in [-0.2, 0) is 19.0 Å². The van der Waals surface area contributed by atoms with E-state index in [2.05, 4.69) is 15.3 Å². The van der Waals surface area contributed by atoms with Crippen molar-refractivity contribution >= 4 is 34.2 Å². The maximum atomic E-state index is 13.6. The second-order valence-corrected chi connectivity index (χ2v) is 4.91. The van der Waals surface area contributed by atoms with E-state index in [9.17, 15) is 4.39 Å². The lowest BCUT2D eigenvalue weighted by Crippen LogP contribution is -2.10. The van der Waals surface area contributed by atoms with E-state index in [4.69, 9.17) is 23.2 Å². The summed E-state index contributed by atoms with van der Waals surface area (Å²) in [7, 11) is 0. The molecule has 3 aromatic rings. The van der Waals surface area contributed by atoms with Crippen molar-refractivity contribution in [1.29, 1.82) is 0 Å². The Bertz CT molecular complexity index is 738. The molecule has 0 saturated heterocycles. The Kier molecular flexibility index (Phi) is 3.58. The number of aryl methyl sites for hydroxylation is 2. The Labute approximate surface area is 123 Å². The molecule has 0 aliphatic heterocycles. The normalized spacial score (nSPS) is 11.3. The average molecular weight is 314 g/mol. The van der Waals surface area contributed by atoms with Crippen molar-refractivity contribution in [2.45, 2.75) is 19.0 Å². The summed E-state index contributed by atoms with van der Waals surface area (Å²) in [6, 6.07) is 2.89. The molecule has 0 fully saturated rings. The third kappa shape index (κ3) is 2.36. The van der Waals surface area contributed by atoms with Gasteiger partial charge >= 0.3 is 0 Å². The average Bonchev–Trinajstić information content (AvgIpc) is 3.05. The first kappa shape index (κ1) is 13.3. The Morgan fingerprint density at radius 1 is 1.25 bits per heavy atom. The lowest BCUT2D eigenvalue weighted by Gasteiger charge is -2.07. The van der Waals surface area contributed by atoms with Gasteiger partial charge in [0.1, 0.15) is 11.6 Å². The molecule has 5 nitrogen and oxygen atoms in total. The van der Waals surface area contributed by atoms with E-state index in [0.717, 1.165) is 0 Å². The van der Waals surface area contributed by atoms with E-state index in [1.165, 1.54) is 12.1 Å². The van der Waals surface area contributed by atoms with Gasteiger partial charge in [0.05, 0.1) is 34.7 Å². The molecule has 0 atom stereocenters. The number of benzene rings is 1. The zero-order valence-corrected chi connectivity index (χ0v) is 11.8. The Balaban J connectivity index is 2.01. The zero-order chi connectivity index (χ0) is 14.1. The van der Waals surface area contributed by atoms with Gasteiger partial charge in [-0.15, -0.1) is 16.7 Å². The summed E-state index contributed by atoms with van der Waals surface area (Å²) in [5, 5.41) is 7.68. The van der Waals surface area contributed by atoms with E-state index >= 15 is 0 Å². The number of fused-ring (bicyclic) bond motifs is 1.